The van der Waals surface area contributed by atoms with Crippen molar-refractivity contribution in [1.29, 1.82) is 0 Å². The van der Waals surface area contributed by atoms with Crippen LogP contribution in [0.1, 0.15) is 46.0 Å². The summed E-state index contributed by atoms with van der Waals surface area (Å²) >= 11 is 0. The Bertz CT molecular complexity index is 294. The topological polar surface area (TPSA) is 87.7 Å². The van der Waals surface area contributed by atoms with Gasteiger partial charge in [0.25, 0.3) is 0 Å². The minimum Gasteiger partial charge on any atom is -0.409 e. The van der Waals surface area contributed by atoms with Gasteiger partial charge in [0.15, 0.2) is 5.84 Å². The van der Waals surface area contributed by atoms with Crippen LogP contribution in [0, 0.1) is 11.3 Å². The summed E-state index contributed by atoms with van der Waals surface area (Å²) in [6, 6.07) is 0. The van der Waals surface area contributed by atoms with Crippen molar-refractivity contribution in [1.82, 2.24) is 5.32 Å². The van der Waals surface area contributed by atoms with E-state index in [1.54, 1.807) is 0 Å². The van der Waals surface area contributed by atoms with Crippen molar-refractivity contribution in [2.24, 2.45) is 22.2 Å². The monoisotopic (exact) mass is 241 g/mol. The Kier molecular flexibility index (Phi) is 4.78. The third-order valence-corrected chi connectivity index (χ3v) is 3.50. The lowest BCUT2D eigenvalue weighted by molar-refractivity contribution is -0.127. The first-order valence-electron chi connectivity index (χ1n) is 6.29. The molecule has 0 aliphatic heterocycles. The predicted molar refractivity (Wildman–Crippen MR) is 66.8 cm³/mol. The number of rotatable bonds is 5. The first kappa shape index (κ1) is 13.8. The number of amidine groups is 1. The molecule has 0 spiro atoms. The van der Waals surface area contributed by atoms with Gasteiger partial charge in [-0.05, 0) is 25.2 Å². The van der Waals surface area contributed by atoms with Crippen molar-refractivity contribution in [3.63, 3.8) is 0 Å². The van der Waals surface area contributed by atoms with Gasteiger partial charge in [0.1, 0.15) is 5.41 Å². The lowest BCUT2D eigenvalue weighted by atomic mass is 9.83. The van der Waals surface area contributed by atoms with Crippen LogP contribution in [0.15, 0.2) is 5.16 Å². The largest absolute Gasteiger partial charge is 0.409 e. The van der Waals surface area contributed by atoms with Crippen molar-refractivity contribution in [3.8, 4) is 0 Å². The zero-order valence-electron chi connectivity index (χ0n) is 10.7. The van der Waals surface area contributed by atoms with Gasteiger partial charge in [-0.2, -0.15) is 0 Å². The first-order chi connectivity index (χ1) is 8.03. The number of amides is 1. The van der Waals surface area contributed by atoms with Crippen LogP contribution in [0.4, 0.5) is 0 Å². The van der Waals surface area contributed by atoms with Gasteiger partial charge in [0, 0.05) is 6.54 Å². The highest BCUT2D eigenvalue weighted by atomic mass is 16.4. The third-order valence-electron chi connectivity index (χ3n) is 3.50. The van der Waals surface area contributed by atoms with Crippen LogP contribution in [-0.2, 0) is 4.79 Å². The molecule has 5 heteroatoms. The predicted octanol–water partition coefficient (Wildman–Crippen LogP) is 1.46. The second kappa shape index (κ2) is 5.89. The summed E-state index contributed by atoms with van der Waals surface area (Å²) in [7, 11) is 0. The van der Waals surface area contributed by atoms with Gasteiger partial charge in [-0.15, -0.1) is 0 Å². The van der Waals surface area contributed by atoms with E-state index in [1.165, 1.54) is 0 Å². The van der Waals surface area contributed by atoms with E-state index in [9.17, 15) is 4.79 Å². The molecule has 0 aromatic carbocycles. The lowest BCUT2D eigenvalue weighted by Gasteiger charge is -2.26. The van der Waals surface area contributed by atoms with E-state index in [0.29, 0.717) is 25.3 Å². The summed E-state index contributed by atoms with van der Waals surface area (Å²) in [5, 5.41) is 14.7. The number of nitrogens with two attached hydrogens (primary N) is 1. The molecule has 0 aromatic rings. The molecule has 0 heterocycles. The molecule has 0 bridgehead atoms. The third kappa shape index (κ3) is 3.11. The number of nitrogens with one attached hydrogen (secondary N) is 1. The summed E-state index contributed by atoms with van der Waals surface area (Å²) in [6.45, 7) is 4.87. The van der Waals surface area contributed by atoms with Gasteiger partial charge in [0.2, 0.25) is 5.91 Å². The fourth-order valence-corrected chi connectivity index (χ4v) is 2.32. The summed E-state index contributed by atoms with van der Waals surface area (Å²) < 4.78 is 0. The van der Waals surface area contributed by atoms with Crippen LogP contribution in [0.5, 0.6) is 0 Å². The summed E-state index contributed by atoms with van der Waals surface area (Å²) in [5.41, 5.74) is 4.91. The Morgan fingerprint density at radius 1 is 1.47 bits per heavy atom. The fourth-order valence-electron chi connectivity index (χ4n) is 2.32. The van der Waals surface area contributed by atoms with Crippen molar-refractivity contribution in [3.05, 3.63) is 0 Å². The summed E-state index contributed by atoms with van der Waals surface area (Å²) in [5.74, 6) is 0.515. The van der Waals surface area contributed by atoms with E-state index in [0.717, 1.165) is 19.3 Å². The van der Waals surface area contributed by atoms with E-state index in [2.05, 4.69) is 24.3 Å². The van der Waals surface area contributed by atoms with E-state index in [4.69, 9.17) is 10.9 Å². The van der Waals surface area contributed by atoms with Crippen molar-refractivity contribution >= 4 is 11.7 Å². The number of oxime groups is 1. The van der Waals surface area contributed by atoms with E-state index < -0.39 is 5.41 Å². The average Bonchev–Trinajstić information content (AvgIpc) is 2.77. The maximum absolute atomic E-state index is 12.2. The highest BCUT2D eigenvalue weighted by molar-refractivity contribution is 6.07. The molecule has 0 radical (unpaired) electrons. The summed E-state index contributed by atoms with van der Waals surface area (Å²) in [4.78, 5) is 12.2. The first-order valence-corrected chi connectivity index (χ1v) is 6.29. The quantitative estimate of drug-likeness (QED) is 0.295. The van der Waals surface area contributed by atoms with Gasteiger partial charge < -0.3 is 16.3 Å². The van der Waals surface area contributed by atoms with Crippen LogP contribution in [0.25, 0.3) is 0 Å². The van der Waals surface area contributed by atoms with Crippen LogP contribution in [0.3, 0.4) is 0 Å². The van der Waals surface area contributed by atoms with Crippen LogP contribution in [0.2, 0.25) is 0 Å². The van der Waals surface area contributed by atoms with Crippen molar-refractivity contribution < 1.29 is 10.0 Å². The number of carbonyl (C=O) groups is 1. The van der Waals surface area contributed by atoms with E-state index >= 15 is 0 Å². The molecule has 98 valence electrons. The number of hydrogen-bond donors (Lipinski definition) is 3. The van der Waals surface area contributed by atoms with Gasteiger partial charge in [-0.1, -0.05) is 31.8 Å². The van der Waals surface area contributed by atoms with Crippen LogP contribution < -0.4 is 11.1 Å². The Morgan fingerprint density at radius 3 is 2.53 bits per heavy atom. The molecule has 0 saturated heterocycles. The molecular weight excluding hydrogens is 218 g/mol. The van der Waals surface area contributed by atoms with E-state index in [-0.39, 0.29) is 11.7 Å². The molecule has 0 unspecified atom stereocenters. The molecule has 4 N–H and O–H groups in total. The second-order valence-corrected chi connectivity index (χ2v) is 5.21. The molecule has 1 saturated carbocycles. The number of hydrogen-bond acceptors (Lipinski definition) is 3. The summed E-state index contributed by atoms with van der Waals surface area (Å²) in [6.07, 6.45) is 4.20. The Morgan fingerprint density at radius 2 is 2.06 bits per heavy atom. The molecule has 5 nitrogen and oxygen atoms in total. The van der Waals surface area contributed by atoms with Gasteiger partial charge in [-0.3, -0.25) is 4.79 Å². The lowest BCUT2D eigenvalue weighted by Crippen LogP contribution is -2.48. The Balaban J connectivity index is 2.62. The number of nitrogens with zero attached hydrogens (tertiary/aromatic N) is 1. The van der Waals surface area contributed by atoms with Gasteiger partial charge in [-0.25, -0.2) is 0 Å². The van der Waals surface area contributed by atoms with Gasteiger partial charge in [0.05, 0.1) is 0 Å². The van der Waals surface area contributed by atoms with Crippen molar-refractivity contribution in [2.75, 3.05) is 6.54 Å². The highest BCUT2D eigenvalue weighted by Crippen LogP contribution is 2.38. The fraction of sp³-hybridized carbons (Fsp3) is 0.833. The molecule has 1 amide bonds. The van der Waals surface area contributed by atoms with E-state index in [1.807, 2.05) is 0 Å². The Hall–Kier alpha value is -1.26. The normalized spacial score (nSPS) is 19.6. The molecule has 1 rings (SSSR count). The smallest absolute Gasteiger partial charge is 0.233 e. The zero-order valence-corrected chi connectivity index (χ0v) is 10.7. The maximum Gasteiger partial charge on any atom is 0.233 e. The van der Waals surface area contributed by atoms with Crippen LogP contribution >= 0.6 is 0 Å². The molecule has 1 fully saturated rings. The molecule has 17 heavy (non-hydrogen) atoms. The standard InChI is InChI=1S/C12H23N3O2/c1-9(2)5-8-14-11(16)12(10(13)15-17)6-3-4-7-12/h9,17H,3-8H2,1-2H3,(H2,13,15)(H,14,16). The van der Waals surface area contributed by atoms with Crippen LogP contribution in [-0.4, -0.2) is 23.5 Å². The minimum atomic E-state index is -0.772. The Labute approximate surface area is 102 Å². The highest BCUT2D eigenvalue weighted by Gasteiger charge is 2.45. The maximum atomic E-state index is 12.2. The molecule has 1 aliphatic rings. The number of carbonyl (C=O) groups excluding carboxylic acids is 1. The SMILES string of the molecule is CC(C)CCNC(=O)C1(C(N)=NO)CCCC1. The molecular formula is C12H23N3O2. The molecule has 1 aliphatic carbocycles. The minimum absolute atomic E-state index is 0.0528. The average molecular weight is 241 g/mol. The molecule has 0 aromatic heterocycles. The van der Waals surface area contributed by atoms with Crippen molar-refractivity contribution in [2.45, 2.75) is 46.0 Å². The second-order valence-electron chi connectivity index (χ2n) is 5.21. The zero-order chi connectivity index (χ0) is 12.9. The van der Waals surface area contributed by atoms with Gasteiger partial charge >= 0.3 is 0 Å². The molecule has 0 atom stereocenters.